The van der Waals surface area contributed by atoms with Gasteiger partial charge in [-0.05, 0) is 82.1 Å². The van der Waals surface area contributed by atoms with Crippen molar-refractivity contribution in [2.75, 3.05) is 32.5 Å². The zero-order chi connectivity index (χ0) is 26.7. The van der Waals surface area contributed by atoms with Gasteiger partial charge < -0.3 is 20.6 Å². The van der Waals surface area contributed by atoms with Gasteiger partial charge in [0.1, 0.15) is 0 Å². The van der Waals surface area contributed by atoms with Crippen molar-refractivity contribution < 1.29 is 19.1 Å². The molecular formula is C28H33Cl2FN4O3. The first-order chi connectivity index (χ1) is 17.6. The number of nitrogens with one attached hydrogen (secondary N) is 2. The number of halogens is 3. The zero-order valence-electron chi connectivity index (χ0n) is 21.7. The number of amides is 1. The SMILES string of the molecule is CC(=O)c1cnc2ccc(-c3cc(F)c(O)c(Cl)c3)cc2c1N[C@H]1CC[C@H](C(=O)NCCN(C)C)CC1.Cl. The number of phenolic OH excluding ortho intramolecular Hbond substituents is 1. The molecule has 38 heavy (non-hydrogen) atoms. The molecule has 2 aromatic carbocycles. The van der Waals surface area contributed by atoms with E-state index in [1.807, 2.05) is 31.1 Å². The molecule has 1 aromatic heterocycles. The average Bonchev–Trinajstić information content (AvgIpc) is 2.86. The Labute approximate surface area is 233 Å². The van der Waals surface area contributed by atoms with E-state index in [-0.39, 0.29) is 41.1 Å². The summed E-state index contributed by atoms with van der Waals surface area (Å²) < 4.78 is 14.2. The monoisotopic (exact) mass is 562 g/mol. The molecule has 0 aliphatic heterocycles. The number of likely N-dealkylation sites (N-methyl/N-ethyl adjacent to an activating group) is 1. The van der Waals surface area contributed by atoms with Crippen molar-refractivity contribution in [3.63, 3.8) is 0 Å². The number of ketones is 1. The number of fused-ring (bicyclic) bond motifs is 1. The number of phenols is 1. The number of carbonyl (C=O) groups is 2. The quantitative estimate of drug-likeness (QED) is 0.306. The molecule has 0 spiro atoms. The second-order valence-corrected chi connectivity index (χ2v) is 10.3. The number of Topliss-reactive ketones (excluding diaryl/α,β-unsaturated/α-hetero) is 1. The van der Waals surface area contributed by atoms with E-state index in [9.17, 15) is 19.1 Å². The first-order valence-electron chi connectivity index (χ1n) is 12.4. The number of anilines is 1. The molecule has 1 aliphatic carbocycles. The lowest BCUT2D eigenvalue weighted by Gasteiger charge is -2.30. The molecule has 0 bridgehead atoms. The van der Waals surface area contributed by atoms with Crippen LogP contribution in [0.2, 0.25) is 5.02 Å². The van der Waals surface area contributed by atoms with E-state index in [0.29, 0.717) is 34.4 Å². The molecule has 4 rings (SSSR count). The first kappa shape index (κ1) is 29.6. The number of benzene rings is 2. The van der Waals surface area contributed by atoms with E-state index >= 15 is 0 Å². The number of nitrogens with zero attached hydrogens (tertiary/aromatic N) is 2. The summed E-state index contributed by atoms with van der Waals surface area (Å²) in [7, 11) is 3.95. The summed E-state index contributed by atoms with van der Waals surface area (Å²) >= 11 is 6.00. The van der Waals surface area contributed by atoms with Gasteiger partial charge in [-0.3, -0.25) is 14.6 Å². The van der Waals surface area contributed by atoms with Crippen LogP contribution in [-0.4, -0.2) is 59.9 Å². The van der Waals surface area contributed by atoms with Gasteiger partial charge in [-0.2, -0.15) is 0 Å². The Morgan fingerprint density at radius 1 is 1.13 bits per heavy atom. The Kier molecular flexibility index (Phi) is 9.93. The lowest BCUT2D eigenvalue weighted by molar-refractivity contribution is -0.125. The average molecular weight is 564 g/mol. The topological polar surface area (TPSA) is 94.6 Å². The van der Waals surface area contributed by atoms with Crippen LogP contribution in [0.3, 0.4) is 0 Å². The van der Waals surface area contributed by atoms with E-state index in [0.717, 1.165) is 37.6 Å². The number of rotatable bonds is 8. The Morgan fingerprint density at radius 3 is 2.47 bits per heavy atom. The van der Waals surface area contributed by atoms with E-state index in [1.54, 1.807) is 12.3 Å². The molecule has 1 amide bonds. The van der Waals surface area contributed by atoms with Crippen LogP contribution in [0.4, 0.5) is 10.1 Å². The summed E-state index contributed by atoms with van der Waals surface area (Å²) in [5, 5.41) is 16.9. The number of pyridine rings is 1. The van der Waals surface area contributed by atoms with Crippen molar-refractivity contribution in [1.29, 1.82) is 0 Å². The minimum absolute atomic E-state index is 0. The van der Waals surface area contributed by atoms with Gasteiger partial charge in [0.15, 0.2) is 17.3 Å². The van der Waals surface area contributed by atoms with Crippen LogP contribution in [-0.2, 0) is 4.79 Å². The van der Waals surface area contributed by atoms with Crippen molar-refractivity contribution in [3.05, 3.63) is 52.9 Å². The van der Waals surface area contributed by atoms with Gasteiger partial charge in [0.25, 0.3) is 0 Å². The van der Waals surface area contributed by atoms with Gasteiger partial charge >= 0.3 is 0 Å². The third-order valence-electron chi connectivity index (χ3n) is 6.90. The van der Waals surface area contributed by atoms with Gasteiger partial charge in [-0.15, -0.1) is 12.4 Å². The third kappa shape index (κ3) is 6.73. The van der Waals surface area contributed by atoms with Crippen LogP contribution in [0, 0.1) is 11.7 Å². The molecule has 0 unspecified atom stereocenters. The van der Waals surface area contributed by atoms with Gasteiger partial charge in [0.2, 0.25) is 5.91 Å². The summed E-state index contributed by atoms with van der Waals surface area (Å²) in [5.41, 5.74) is 3.03. The standard InChI is InChI=1S/C28H32ClFN4O3.ClH/c1-16(35)22-15-32-25-9-6-18(19-13-23(29)27(36)24(30)14-19)12-21(25)26(22)33-20-7-4-17(5-8-20)28(37)31-10-11-34(2)3;/h6,9,12-15,17,20,36H,4-5,7-8,10-11H2,1-3H3,(H,31,37)(H,32,33);1H/t17-,20-;. The molecule has 0 saturated heterocycles. The van der Waals surface area contributed by atoms with Crippen molar-refractivity contribution in [2.24, 2.45) is 5.92 Å². The van der Waals surface area contributed by atoms with E-state index in [4.69, 9.17) is 11.6 Å². The molecule has 3 aromatic rings. The maximum absolute atomic E-state index is 14.2. The fraction of sp³-hybridized carbons (Fsp3) is 0.393. The lowest BCUT2D eigenvalue weighted by atomic mass is 9.85. The predicted molar refractivity (Wildman–Crippen MR) is 152 cm³/mol. The maximum Gasteiger partial charge on any atom is 0.223 e. The molecule has 7 nitrogen and oxygen atoms in total. The zero-order valence-corrected chi connectivity index (χ0v) is 23.3. The minimum atomic E-state index is -0.806. The molecule has 1 heterocycles. The molecule has 0 atom stereocenters. The van der Waals surface area contributed by atoms with E-state index < -0.39 is 11.6 Å². The van der Waals surface area contributed by atoms with Crippen molar-refractivity contribution in [3.8, 4) is 16.9 Å². The number of hydrogen-bond donors (Lipinski definition) is 3. The molecule has 0 radical (unpaired) electrons. The van der Waals surface area contributed by atoms with Crippen LogP contribution in [0.25, 0.3) is 22.0 Å². The summed E-state index contributed by atoms with van der Waals surface area (Å²) in [5.74, 6) is -1.42. The van der Waals surface area contributed by atoms with Crippen molar-refractivity contribution in [1.82, 2.24) is 15.2 Å². The second kappa shape index (κ2) is 12.7. The molecule has 3 N–H and O–H groups in total. The second-order valence-electron chi connectivity index (χ2n) is 9.91. The Bertz CT molecular complexity index is 1300. The Hall–Kier alpha value is -2.94. The molecule has 1 fully saturated rings. The molecule has 10 heteroatoms. The lowest BCUT2D eigenvalue weighted by Crippen LogP contribution is -2.38. The summed E-state index contributed by atoms with van der Waals surface area (Å²) in [6.45, 7) is 2.94. The predicted octanol–water partition coefficient (Wildman–Crippen LogP) is 5.67. The molecule has 1 saturated carbocycles. The van der Waals surface area contributed by atoms with Crippen LogP contribution >= 0.6 is 24.0 Å². The largest absolute Gasteiger partial charge is 0.504 e. The van der Waals surface area contributed by atoms with Crippen LogP contribution in [0.15, 0.2) is 36.5 Å². The van der Waals surface area contributed by atoms with Gasteiger partial charge in [0, 0.05) is 36.6 Å². The summed E-state index contributed by atoms with van der Waals surface area (Å²) in [6.07, 6.45) is 4.70. The highest BCUT2D eigenvalue weighted by Gasteiger charge is 2.27. The normalized spacial score (nSPS) is 17.2. The Morgan fingerprint density at radius 2 is 1.84 bits per heavy atom. The van der Waals surface area contributed by atoms with Crippen molar-refractivity contribution in [2.45, 2.75) is 38.6 Å². The maximum atomic E-state index is 14.2. The van der Waals surface area contributed by atoms with E-state index in [1.165, 1.54) is 19.1 Å². The van der Waals surface area contributed by atoms with Gasteiger partial charge in [-0.25, -0.2) is 4.39 Å². The fourth-order valence-electron chi connectivity index (χ4n) is 4.78. The molecule has 1 aliphatic rings. The van der Waals surface area contributed by atoms with Crippen molar-refractivity contribution >= 4 is 52.3 Å². The summed E-state index contributed by atoms with van der Waals surface area (Å²) in [4.78, 5) is 31.5. The number of carbonyl (C=O) groups excluding carboxylic acids is 2. The van der Waals surface area contributed by atoms with Crippen LogP contribution in [0.5, 0.6) is 5.75 Å². The fourth-order valence-corrected chi connectivity index (χ4v) is 4.99. The van der Waals surface area contributed by atoms with Crippen LogP contribution < -0.4 is 10.6 Å². The highest BCUT2D eigenvalue weighted by Crippen LogP contribution is 2.36. The molecular weight excluding hydrogens is 530 g/mol. The van der Waals surface area contributed by atoms with E-state index in [2.05, 4.69) is 15.6 Å². The van der Waals surface area contributed by atoms with Gasteiger partial charge in [0.05, 0.1) is 21.8 Å². The summed E-state index contributed by atoms with van der Waals surface area (Å²) in [6, 6.07) is 8.29. The number of hydrogen-bond acceptors (Lipinski definition) is 6. The minimum Gasteiger partial charge on any atom is -0.504 e. The third-order valence-corrected chi connectivity index (χ3v) is 7.19. The first-order valence-corrected chi connectivity index (χ1v) is 12.8. The smallest absolute Gasteiger partial charge is 0.223 e. The number of aromatic nitrogens is 1. The van der Waals surface area contributed by atoms with Gasteiger partial charge in [-0.1, -0.05) is 17.7 Å². The molecule has 204 valence electrons. The highest BCUT2D eigenvalue weighted by atomic mass is 35.5. The highest BCUT2D eigenvalue weighted by molar-refractivity contribution is 6.32. The Balaban J connectivity index is 0.00000400. The van der Waals surface area contributed by atoms with Crippen LogP contribution in [0.1, 0.15) is 43.0 Å². The number of aromatic hydroxyl groups is 1.